The van der Waals surface area contributed by atoms with Gasteiger partial charge in [0, 0.05) is 28.0 Å². The fourth-order valence-electron chi connectivity index (χ4n) is 3.34. The van der Waals surface area contributed by atoms with E-state index in [9.17, 15) is 23.1 Å². The lowest BCUT2D eigenvalue weighted by Gasteiger charge is -2.12. The van der Waals surface area contributed by atoms with E-state index in [-0.39, 0.29) is 18.3 Å². The molecule has 1 unspecified atom stereocenters. The van der Waals surface area contributed by atoms with Gasteiger partial charge in [0.25, 0.3) is 0 Å². The summed E-state index contributed by atoms with van der Waals surface area (Å²) in [4.78, 5) is 13.8. The van der Waals surface area contributed by atoms with Crippen LogP contribution in [0.15, 0.2) is 65.1 Å². The highest BCUT2D eigenvalue weighted by atomic mass is 32.2. The Morgan fingerprint density at radius 2 is 1.82 bits per heavy atom. The predicted molar refractivity (Wildman–Crippen MR) is 135 cm³/mol. The number of aliphatic hydroxyl groups excluding tert-OH is 1. The van der Waals surface area contributed by atoms with Gasteiger partial charge in [-0.3, -0.25) is 4.79 Å². The van der Waals surface area contributed by atoms with Crippen molar-refractivity contribution in [3.8, 4) is 10.4 Å². The molecule has 0 aliphatic heterocycles. The fraction of sp³-hybridized carbons (Fsp3) is 0.346. The number of allylic oxidation sites excluding steroid dienone is 5. The van der Waals surface area contributed by atoms with Gasteiger partial charge in [-0.05, 0) is 73.4 Å². The van der Waals surface area contributed by atoms with Crippen molar-refractivity contribution in [2.75, 3.05) is 6.61 Å². The number of hydrogen-bond acceptors (Lipinski definition) is 4. The summed E-state index contributed by atoms with van der Waals surface area (Å²) in [6.07, 6.45) is 0.399. The van der Waals surface area contributed by atoms with E-state index < -0.39 is 17.7 Å². The molecule has 0 bridgehead atoms. The SMILES string of the molecule is C=C(C)/C(=C\C=C(/C)SC(C)c1sc(-c2ccc(C(F)(F)F)cc2)cc1CCO)CCC(=O)O. The van der Waals surface area contributed by atoms with Gasteiger partial charge in [-0.1, -0.05) is 36.4 Å². The number of aliphatic hydroxyl groups is 1. The summed E-state index contributed by atoms with van der Waals surface area (Å²) in [6, 6.07) is 7.07. The van der Waals surface area contributed by atoms with Crippen LogP contribution in [0.3, 0.4) is 0 Å². The molecule has 0 aliphatic rings. The Kier molecular flexibility index (Phi) is 10.2. The van der Waals surface area contributed by atoms with Crippen molar-refractivity contribution in [3.63, 3.8) is 0 Å². The molecule has 2 aromatic rings. The Balaban J connectivity index is 2.24. The van der Waals surface area contributed by atoms with Crippen molar-refractivity contribution in [1.82, 2.24) is 0 Å². The Hall–Kier alpha value is -2.29. The maximum absolute atomic E-state index is 12.9. The molecule has 0 aliphatic carbocycles. The molecule has 0 saturated carbocycles. The summed E-state index contributed by atoms with van der Waals surface area (Å²) in [5.41, 5.74) is 2.72. The molecule has 3 nitrogen and oxygen atoms in total. The number of aliphatic carboxylic acids is 1. The van der Waals surface area contributed by atoms with E-state index >= 15 is 0 Å². The summed E-state index contributed by atoms with van der Waals surface area (Å²) < 4.78 is 38.7. The van der Waals surface area contributed by atoms with Crippen LogP contribution in [0.1, 0.15) is 54.9 Å². The van der Waals surface area contributed by atoms with Crippen LogP contribution in [0, 0.1) is 0 Å². The minimum atomic E-state index is -4.37. The van der Waals surface area contributed by atoms with Crippen LogP contribution in [0.2, 0.25) is 0 Å². The second-order valence-electron chi connectivity index (χ2n) is 7.95. The van der Waals surface area contributed by atoms with Crippen LogP contribution >= 0.6 is 23.1 Å². The summed E-state index contributed by atoms with van der Waals surface area (Å²) in [6.45, 7) is 9.78. The average Bonchev–Trinajstić information content (AvgIpc) is 3.17. The Morgan fingerprint density at radius 1 is 1.18 bits per heavy atom. The van der Waals surface area contributed by atoms with Gasteiger partial charge >= 0.3 is 12.1 Å². The number of carboxylic acid groups (broad SMARTS) is 1. The van der Waals surface area contributed by atoms with Gasteiger partial charge in [0.15, 0.2) is 0 Å². The zero-order valence-corrected chi connectivity index (χ0v) is 21.0. The lowest BCUT2D eigenvalue weighted by Crippen LogP contribution is -2.03. The molecule has 0 radical (unpaired) electrons. The molecule has 0 amide bonds. The number of benzene rings is 1. The van der Waals surface area contributed by atoms with Crippen LogP contribution in [-0.2, 0) is 17.4 Å². The van der Waals surface area contributed by atoms with Crippen LogP contribution in [0.25, 0.3) is 10.4 Å². The molecule has 1 atom stereocenters. The monoisotopic (exact) mass is 510 g/mol. The number of thioether (sulfide) groups is 1. The Labute approximate surface area is 206 Å². The van der Waals surface area contributed by atoms with Gasteiger partial charge < -0.3 is 10.2 Å². The molecular weight excluding hydrogens is 481 g/mol. The number of alkyl halides is 3. The largest absolute Gasteiger partial charge is 0.481 e. The quantitative estimate of drug-likeness (QED) is 0.300. The molecule has 0 fully saturated rings. The van der Waals surface area contributed by atoms with Crippen LogP contribution in [0.5, 0.6) is 0 Å². The molecule has 0 saturated heterocycles. The van der Waals surface area contributed by atoms with Gasteiger partial charge in [-0.25, -0.2) is 0 Å². The van der Waals surface area contributed by atoms with Crippen LogP contribution < -0.4 is 0 Å². The number of hydrogen-bond donors (Lipinski definition) is 2. The normalized spacial score (nSPS) is 13.7. The minimum Gasteiger partial charge on any atom is -0.481 e. The van der Waals surface area contributed by atoms with Crippen molar-refractivity contribution >= 4 is 29.1 Å². The molecule has 1 heterocycles. The molecule has 184 valence electrons. The molecule has 2 N–H and O–H groups in total. The molecule has 1 aromatic heterocycles. The molecule has 34 heavy (non-hydrogen) atoms. The topological polar surface area (TPSA) is 57.5 Å². The van der Waals surface area contributed by atoms with Gasteiger partial charge in [-0.15, -0.1) is 23.1 Å². The van der Waals surface area contributed by atoms with Crippen molar-refractivity contribution in [3.05, 3.63) is 81.1 Å². The highest BCUT2D eigenvalue weighted by Gasteiger charge is 2.30. The zero-order valence-electron chi connectivity index (χ0n) is 19.4. The minimum absolute atomic E-state index is 0.0172. The lowest BCUT2D eigenvalue weighted by atomic mass is 10.0. The number of rotatable bonds is 11. The molecule has 0 spiro atoms. The third-order valence-electron chi connectivity index (χ3n) is 5.13. The summed E-state index contributed by atoms with van der Waals surface area (Å²) >= 11 is 3.16. The van der Waals surface area contributed by atoms with Gasteiger partial charge in [-0.2, -0.15) is 13.2 Å². The predicted octanol–water partition coefficient (Wildman–Crippen LogP) is 8.03. The van der Waals surface area contributed by atoms with E-state index in [1.165, 1.54) is 23.5 Å². The van der Waals surface area contributed by atoms with Crippen molar-refractivity contribution in [2.45, 2.75) is 51.5 Å². The van der Waals surface area contributed by atoms with E-state index in [4.69, 9.17) is 5.11 Å². The highest BCUT2D eigenvalue weighted by Crippen LogP contribution is 2.43. The second kappa shape index (κ2) is 12.4. The molecular formula is C26H29F3O3S2. The van der Waals surface area contributed by atoms with Crippen molar-refractivity contribution < 1.29 is 28.2 Å². The number of carboxylic acids is 1. The van der Waals surface area contributed by atoms with Gasteiger partial charge in [0.05, 0.1) is 5.56 Å². The van der Waals surface area contributed by atoms with E-state index in [1.54, 1.807) is 11.8 Å². The van der Waals surface area contributed by atoms with Crippen molar-refractivity contribution in [1.29, 1.82) is 0 Å². The van der Waals surface area contributed by atoms with Gasteiger partial charge in [0.2, 0.25) is 0 Å². The molecule has 2 rings (SSSR count). The number of carbonyl (C=O) groups is 1. The smallest absolute Gasteiger partial charge is 0.416 e. The Morgan fingerprint density at radius 3 is 2.35 bits per heavy atom. The Bertz CT molecular complexity index is 1060. The fourth-order valence-corrected chi connectivity index (χ4v) is 5.74. The zero-order chi connectivity index (χ0) is 25.5. The van der Waals surface area contributed by atoms with Crippen LogP contribution in [-0.4, -0.2) is 22.8 Å². The first-order valence-corrected chi connectivity index (χ1v) is 12.4. The maximum Gasteiger partial charge on any atom is 0.416 e. The number of thiophene rings is 1. The standard InChI is InChI=1S/C26H29F3O3S2/c1-16(2)19(9-12-24(31)32)6-5-17(3)33-18(4)25-21(13-14-30)15-23(34-25)20-7-10-22(11-8-20)26(27,28)29/h5-8,10-11,15,18,30H,1,9,12-14H2,2-4H3,(H,31,32)/b17-5+,19-6-. The summed E-state index contributed by atoms with van der Waals surface area (Å²) in [5, 5.41) is 18.5. The van der Waals surface area contributed by atoms with E-state index in [0.29, 0.717) is 18.4 Å². The third kappa shape index (κ3) is 8.18. The summed E-state index contributed by atoms with van der Waals surface area (Å²) in [7, 11) is 0. The average molecular weight is 511 g/mol. The van der Waals surface area contributed by atoms with E-state index in [1.807, 2.05) is 32.1 Å². The first-order valence-electron chi connectivity index (χ1n) is 10.7. The van der Waals surface area contributed by atoms with E-state index in [2.05, 4.69) is 13.5 Å². The summed E-state index contributed by atoms with van der Waals surface area (Å²) in [5.74, 6) is -0.853. The maximum atomic E-state index is 12.9. The second-order valence-corrected chi connectivity index (χ2v) is 10.6. The first-order chi connectivity index (χ1) is 15.9. The third-order valence-corrected chi connectivity index (χ3v) is 7.78. The molecule has 1 aromatic carbocycles. The first kappa shape index (κ1) is 28.0. The van der Waals surface area contributed by atoms with Crippen molar-refractivity contribution in [2.24, 2.45) is 0 Å². The number of halogens is 3. The molecule has 8 heteroatoms. The van der Waals surface area contributed by atoms with Gasteiger partial charge in [0.1, 0.15) is 0 Å². The highest BCUT2D eigenvalue weighted by molar-refractivity contribution is 8.03. The van der Waals surface area contributed by atoms with Crippen LogP contribution in [0.4, 0.5) is 13.2 Å². The lowest BCUT2D eigenvalue weighted by molar-refractivity contribution is -0.138. The van der Waals surface area contributed by atoms with E-state index in [0.717, 1.165) is 43.5 Å².